The SMILES string of the molecule is C=C(C)c1cccc(-c2cncc(F)c2)c(=O)c1OC(=O)OC(C)(C)C. The number of carbonyl (C=O) groups excluding carboxylic acids is 1. The normalized spacial score (nSPS) is 11.0. The highest BCUT2D eigenvalue weighted by Crippen LogP contribution is 2.25. The summed E-state index contributed by atoms with van der Waals surface area (Å²) in [6.07, 6.45) is 1.39. The van der Waals surface area contributed by atoms with E-state index >= 15 is 0 Å². The van der Waals surface area contributed by atoms with Crippen LogP contribution >= 0.6 is 0 Å². The maximum Gasteiger partial charge on any atom is 0.514 e. The van der Waals surface area contributed by atoms with Gasteiger partial charge in [0.15, 0.2) is 5.75 Å². The van der Waals surface area contributed by atoms with E-state index in [0.29, 0.717) is 11.1 Å². The van der Waals surface area contributed by atoms with E-state index in [1.165, 1.54) is 18.3 Å². The minimum Gasteiger partial charge on any atom is -0.428 e. The van der Waals surface area contributed by atoms with Gasteiger partial charge < -0.3 is 9.47 Å². The quantitative estimate of drug-likeness (QED) is 0.752. The van der Waals surface area contributed by atoms with E-state index < -0.39 is 23.0 Å². The molecule has 5 nitrogen and oxygen atoms in total. The first-order valence-corrected chi connectivity index (χ1v) is 7.93. The van der Waals surface area contributed by atoms with Crippen LogP contribution in [0.5, 0.6) is 5.75 Å². The van der Waals surface area contributed by atoms with E-state index in [0.717, 1.165) is 6.20 Å². The largest absolute Gasteiger partial charge is 0.514 e. The van der Waals surface area contributed by atoms with Gasteiger partial charge in [0.2, 0.25) is 5.43 Å². The Bertz CT molecular complexity index is 916. The molecule has 2 rings (SSSR count). The summed E-state index contributed by atoms with van der Waals surface area (Å²) in [7, 11) is 0. The highest BCUT2D eigenvalue weighted by Gasteiger charge is 2.22. The smallest absolute Gasteiger partial charge is 0.428 e. The lowest BCUT2D eigenvalue weighted by Crippen LogP contribution is -2.27. The van der Waals surface area contributed by atoms with Crippen molar-refractivity contribution in [1.29, 1.82) is 0 Å². The third-order valence-corrected chi connectivity index (χ3v) is 3.27. The Morgan fingerprint density at radius 1 is 1.23 bits per heavy atom. The van der Waals surface area contributed by atoms with Gasteiger partial charge in [-0.25, -0.2) is 9.18 Å². The summed E-state index contributed by atoms with van der Waals surface area (Å²) >= 11 is 0. The molecule has 0 aliphatic heterocycles. The van der Waals surface area contributed by atoms with E-state index in [2.05, 4.69) is 11.6 Å². The first-order valence-electron chi connectivity index (χ1n) is 7.93. The zero-order valence-electron chi connectivity index (χ0n) is 15.1. The molecule has 0 aliphatic carbocycles. The standard InChI is InChI=1S/C20H20FNO4/c1-12(2)15-7-6-8-16(13-9-14(21)11-22-10-13)17(23)18(15)25-19(24)26-20(3,4)5/h6-11H,1H2,2-5H3. The summed E-state index contributed by atoms with van der Waals surface area (Å²) in [6.45, 7) is 10.5. The average molecular weight is 357 g/mol. The van der Waals surface area contributed by atoms with Gasteiger partial charge in [-0.3, -0.25) is 9.78 Å². The van der Waals surface area contributed by atoms with Crippen LogP contribution in [0, 0.1) is 5.82 Å². The van der Waals surface area contributed by atoms with Crippen LogP contribution in [0.1, 0.15) is 33.3 Å². The van der Waals surface area contributed by atoms with Gasteiger partial charge in [0.1, 0.15) is 11.4 Å². The number of allylic oxidation sites excluding steroid dienone is 1. The minimum absolute atomic E-state index is 0.142. The summed E-state index contributed by atoms with van der Waals surface area (Å²) in [5, 5.41) is 0. The lowest BCUT2D eigenvalue weighted by molar-refractivity contribution is 0.0204. The van der Waals surface area contributed by atoms with E-state index in [9.17, 15) is 14.0 Å². The highest BCUT2D eigenvalue weighted by molar-refractivity contribution is 5.75. The molecule has 6 heteroatoms. The molecule has 0 saturated heterocycles. The molecule has 0 atom stereocenters. The molecule has 1 aromatic heterocycles. The van der Waals surface area contributed by atoms with Crippen molar-refractivity contribution in [2.45, 2.75) is 33.3 Å². The number of ether oxygens (including phenoxy) is 2. The Hall–Kier alpha value is -3.02. The second-order valence-corrected chi connectivity index (χ2v) is 6.75. The van der Waals surface area contributed by atoms with E-state index in [-0.39, 0.29) is 16.9 Å². The van der Waals surface area contributed by atoms with Gasteiger partial charge in [0.05, 0.1) is 6.20 Å². The fraction of sp³-hybridized carbons (Fsp3) is 0.250. The van der Waals surface area contributed by atoms with Crippen molar-refractivity contribution in [3.63, 3.8) is 0 Å². The maximum absolute atomic E-state index is 13.5. The van der Waals surface area contributed by atoms with Gasteiger partial charge in [0, 0.05) is 22.9 Å². The summed E-state index contributed by atoms with van der Waals surface area (Å²) in [5.41, 5.74) is -0.0747. The van der Waals surface area contributed by atoms with Crippen LogP contribution < -0.4 is 10.2 Å². The van der Waals surface area contributed by atoms with Crippen LogP contribution in [-0.4, -0.2) is 16.7 Å². The molecule has 0 fully saturated rings. The van der Waals surface area contributed by atoms with Gasteiger partial charge in [-0.1, -0.05) is 24.8 Å². The summed E-state index contributed by atoms with van der Waals surface area (Å²) < 4.78 is 23.8. The highest BCUT2D eigenvalue weighted by atomic mass is 19.1. The van der Waals surface area contributed by atoms with Crippen molar-refractivity contribution in [2.75, 3.05) is 0 Å². The lowest BCUT2D eigenvalue weighted by atomic mass is 10.1. The molecule has 136 valence electrons. The Morgan fingerprint density at radius 2 is 1.92 bits per heavy atom. The van der Waals surface area contributed by atoms with Crippen LogP contribution in [0.3, 0.4) is 0 Å². The molecule has 2 aromatic rings. The number of rotatable bonds is 3. The first-order chi connectivity index (χ1) is 12.1. The Morgan fingerprint density at radius 3 is 2.50 bits per heavy atom. The van der Waals surface area contributed by atoms with Gasteiger partial charge in [-0.15, -0.1) is 0 Å². The lowest BCUT2D eigenvalue weighted by Gasteiger charge is -2.19. The van der Waals surface area contributed by atoms with Gasteiger partial charge >= 0.3 is 6.16 Å². The van der Waals surface area contributed by atoms with Crippen molar-refractivity contribution in [1.82, 2.24) is 4.98 Å². The Kier molecular flexibility index (Phi) is 5.55. The fourth-order valence-corrected chi connectivity index (χ4v) is 2.21. The van der Waals surface area contributed by atoms with E-state index in [1.54, 1.807) is 39.8 Å². The summed E-state index contributed by atoms with van der Waals surface area (Å²) in [5.74, 6) is -0.806. The predicted molar refractivity (Wildman–Crippen MR) is 97.5 cm³/mol. The molecule has 0 spiro atoms. The summed E-state index contributed by atoms with van der Waals surface area (Å²) in [4.78, 5) is 28.8. The van der Waals surface area contributed by atoms with Crippen molar-refractivity contribution < 1.29 is 18.7 Å². The number of hydrogen-bond donors (Lipinski definition) is 0. The molecule has 0 saturated carbocycles. The van der Waals surface area contributed by atoms with E-state index in [4.69, 9.17) is 9.47 Å². The number of carbonyl (C=O) groups is 1. The molecule has 0 aliphatic rings. The number of pyridine rings is 1. The molecular weight excluding hydrogens is 337 g/mol. The predicted octanol–water partition coefficient (Wildman–Crippen LogP) is 4.59. The molecule has 0 amide bonds. The van der Waals surface area contributed by atoms with Gasteiger partial charge in [-0.05, 0) is 39.3 Å². The number of hydrogen-bond acceptors (Lipinski definition) is 5. The molecular formula is C20H20FNO4. The van der Waals surface area contributed by atoms with E-state index in [1.807, 2.05) is 0 Å². The second kappa shape index (κ2) is 7.47. The number of nitrogens with zero attached hydrogens (tertiary/aromatic N) is 1. The molecule has 0 unspecified atom stereocenters. The van der Waals surface area contributed by atoms with Crippen molar-refractivity contribution in [2.24, 2.45) is 0 Å². The first kappa shape index (κ1) is 19.3. The van der Waals surface area contributed by atoms with Crippen LogP contribution in [0.25, 0.3) is 16.7 Å². The van der Waals surface area contributed by atoms with Gasteiger partial charge in [-0.2, -0.15) is 0 Å². The minimum atomic E-state index is -1.01. The molecule has 0 N–H and O–H groups in total. The molecule has 26 heavy (non-hydrogen) atoms. The molecule has 1 heterocycles. The second-order valence-electron chi connectivity index (χ2n) is 6.75. The third-order valence-electron chi connectivity index (χ3n) is 3.27. The fourth-order valence-electron chi connectivity index (χ4n) is 2.21. The number of halogens is 1. The maximum atomic E-state index is 13.5. The topological polar surface area (TPSA) is 65.5 Å². The Labute approximate surface area is 151 Å². The van der Waals surface area contributed by atoms with Crippen LogP contribution in [-0.2, 0) is 4.74 Å². The monoisotopic (exact) mass is 357 g/mol. The van der Waals surface area contributed by atoms with Crippen molar-refractivity contribution in [3.05, 3.63) is 64.8 Å². The summed E-state index contributed by atoms with van der Waals surface area (Å²) in [6, 6.07) is 5.89. The van der Waals surface area contributed by atoms with Crippen molar-refractivity contribution >= 4 is 11.7 Å². The van der Waals surface area contributed by atoms with Crippen LogP contribution in [0.15, 0.2) is 48.0 Å². The zero-order valence-corrected chi connectivity index (χ0v) is 15.1. The average Bonchev–Trinajstić information content (AvgIpc) is 2.65. The van der Waals surface area contributed by atoms with Crippen molar-refractivity contribution in [3.8, 4) is 16.9 Å². The van der Waals surface area contributed by atoms with Gasteiger partial charge in [0.25, 0.3) is 0 Å². The van der Waals surface area contributed by atoms with Crippen LogP contribution in [0.4, 0.5) is 9.18 Å². The third kappa shape index (κ3) is 4.75. The number of aromatic nitrogens is 1. The zero-order chi connectivity index (χ0) is 19.5. The molecule has 1 aromatic carbocycles. The van der Waals surface area contributed by atoms with Crippen LogP contribution in [0.2, 0.25) is 0 Å². The molecule has 0 bridgehead atoms. The molecule has 0 radical (unpaired) electrons. The Balaban J connectivity index is 2.62.